The van der Waals surface area contributed by atoms with Gasteiger partial charge in [-0.3, -0.25) is 0 Å². The Morgan fingerprint density at radius 2 is 2.00 bits per heavy atom. The minimum absolute atomic E-state index is 0.0187. The Morgan fingerprint density at radius 3 is 2.58 bits per heavy atom. The molecule has 0 aliphatic carbocycles. The van der Waals surface area contributed by atoms with Gasteiger partial charge in [-0.15, -0.1) is 0 Å². The number of carbonyl (C=O) groups is 1. The largest absolute Gasteiger partial charge is 0.487 e. The van der Waals surface area contributed by atoms with Gasteiger partial charge in [0.1, 0.15) is 11.4 Å². The highest BCUT2D eigenvalue weighted by Crippen LogP contribution is 2.44. The number of sulfonamides is 1. The summed E-state index contributed by atoms with van der Waals surface area (Å²) in [5.74, 6) is -0.458. The molecule has 0 fully saturated rings. The quantitative estimate of drug-likeness (QED) is 0.690. The minimum Gasteiger partial charge on any atom is -0.487 e. The molecule has 7 heteroatoms. The van der Waals surface area contributed by atoms with Crippen LogP contribution in [-0.2, 0) is 10.0 Å². The molecule has 0 amide bonds. The molecule has 1 heterocycles. The summed E-state index contributed by atoms with van der Waals surface area (Å²) in [4.78, 5) is 11.4. The number of fused-ring (bicyclic) bond motifs is 1. The van der Waals surface area contributed by atoms with Crippen LogP contribution in [0.15, 0.2) is 18.2 Å². The molecule has 1 N–H and O–H groups in total. The van der Waals surface area contributed by atoms with Crippen LogP contribution in [0.4, 0.5) is 0 Å². The Labute approximate surface area is 156 Å². The molecule has 2 rings (SSSR count). The van der Waals surface area contributed by atoms with Crippen LogP contribution in [0.25, 0.3) is 0 Å². The number of rotatable bonds is 8. The van der Waals surface area contributed by atoms with Crippen molar-refractivity contribution in [2.24, 2.45) is 0 Å². The summed E-state index contributed by atoms with van der Waals surface area (Å²) in [6.45, 7) is 8.00. The van der Waals surface area contributed by atoms with Crippen LogP contribution >= 0.6 is 0 Å². The highest BCUT2D eigenvalue weighted by Gasteiger charge is 2.40. The van der Waals surface area contributed by atoms with Gasteiger partial charge < -0.3 is 9.84 Å². The molecule has 1 aromatic carbocycles. The first-order valence-electron chi connectivity index (χ1n) is 9.17. The molecule has 0 aromatic heterocycles. The van der Waals surface area contributed by atoms with E-state index in [0.717, 1.165) is 19.3 Å². The van der Waals surface area contributed by atoms with Gasteiger partial charge in [-0.25, -0.2) is 13.2 Å². The normalized spacial score (nSPS) is 19.0. The molecule has 1 aromatic rings. The first kappa shape index (κ1) is 20.7. The molecule has 146 valence electrons. The van der Waals surface area contributed by atoms with Crippen LogP contribution < -0.4 is 4.74 Å². The molecular weight excluding hydrogens is 354 g/mol. The van der Waals surface area contributed by atoms with Crippen molar-refractivity contribution in [2.45, 2.75) is 65.0 Å². The lowest BCUT2D eigenvalue weighted by Gasteiger charge is -2.42. The SMILES string of the molecule is CCCCCN(C1CC(C)(C)Oc2ccc(C(=O)O)cc21)S(=O)(=O)CC. The third-order valence-electron chi connectivity index (χ3n) is 4.74. The van der Waals surface area contributed by atoms with E-state index < -0.39 is 27.6 Å². The molecule has 0 radical (unpaired) electrons. The number of carboxylic acid groups (broad SMARTS) is 1. The van der Waals surface area contributed by atoms with Crippen molar-refractivity contribution in [1.82, 2.24) is 4.31 Å². The number of nitrogens with zero attached hydrogens (tertiary/aromatic N) is 1. The van der Waals surface area contributed by atoms with E-state index in [1.54, 1.807) is 23.4 Å². The van der Waals surface area contributed by atoms with Crippen LogP contribution in [0.1, 0.15) is 75.3 Å². The molecule has 0 saturated heterocycles. The average molecular weight is 384 g/mol. The lowest BCUT2D eigenvalue weighted by molar-refractivity contribution is 0.0499. The zero-order valence-corrected chi connectivity index (χ0v) is 16.8. The van der Waals surface area contributed by atoms with Crippen molar-refractivity contribution < 1.29 is 23.1 Å². The number of benzene rings is 1. The van der Waals surface area contributed by atoms with Crippen molar-refractivity contribution in [3.8, 4) is 5.75 Å². The molecular formula is C19H29NO5S. The highest BCUT2D eigenvalue weighted by atomic mass is 32.2. The summed E-state index contributed by atoms with van der Waals surface area (Å²) in [7, 11) is -3.44. The van der Waals surface area contributed by atoms with Crippen LogP contribution in [0.5, 0.6) is 5.75 Å². The van der Waals surface area contributed by atoms with Gasteiger partial charge in [0.25, 0.3) is 0 Å². The number of ether oxygens (including phenoxy) is 1. The van der Waals surface area contributed by atoms with E-state index in [1.807, 2.05) is 13.8 Å². The fourth-order valence-electron chi connectivity index (χ4n) is 3.38. The van der Waals surface area contributed by atoms with Crippen LogP contribution in [0.3, 0.4) is 0 Å². The average Bonchev–Trinajstić information content (AvgIpc) is 2.56. The predicted octanol–water partition coefficient (Wildman–Crippen LogP) is 3.83. The van der Waals surface area contributed by atoms with E-state index in [-0.39, 0.29) is 11.3 Å². The maximum Gasteiger partial charge on any atom is 0.335 e. The number of hydrogen-bond donors (Lipinski definition) is 1. The molecule has 1 unspecified atom stereocenters. The smallest absolute Gasteiger partial charge is 0.335 e. The zero-order chi connectivity index (χ0) is 19.5. The van der Waals surface area contributed by atoms with Gasteiger partial charge in [0.15, 0.2) is 0 Å². The van der Waals surface area contributed by atoms with Crippen molar-refractivity contribution in [2.75, 3.05) is 12.3 Å². The topological polar surface area (TPSA) is 83.9 Å². The van der Waals surface area contributed by atoms with Gasteiger partial charge in [0.2, 0.25) is 10.0 Å². The van der Waals surface area contributed by atoms with Crippen LogP contribution in [0.2, 0.25) is 0 Å². The summed E-state index contributed by atoms with van der Waals surface area (Å²) >= 11 is 0. The van der Waals surface area contributed by atoms with E-state index in [0.29, 0.717) is 24.3 Å². The van der Waals surface area contributed by atoms with Crippen LogP contribution in [-0.4, -0.2) is 41.7 Å². The molecule has 0 spiro atoms. The molecule has 6 nitrogen and oxygen atoms in total. The lowest BCUT2D eigenvalue weighted by Crippen LogP contribution is -2.44. The summed E-state index contributed by atoms with van der Waals surface area (Å²) < 4.78 is 33.1. The molecule has 0 bridgehead atoms. The third kappa shape index (κ3) is 4.57. The van der Waals surface area contributed by atoms with Gasteiger partial charge in [-0.05, 0) is 45.4 Å². The van der Waals surface area contributed by atoms with Crippen molar-refractivity contribution in [3.05, 3.63) is 29.3 Å². The van der Waals surface area contributed by atoms with E-state index in [2.05, 4.69) is 6.92 Å². The highest BCUT2D eigenvalue weighted by molar-refractivity contribution is 7.89. The molecule has 1 aliphatic rings. The fraction of sp³-hybridized carbons (Fsp3) is 0.632. The van der Waals surface area contributed by atoms with Gasteiger partial charge >= 0.3 is 5.97 Å². The Kier molecular flexibility index (Phi) is 6.34. The van der Waals surface area contributed by atoms with E-state index in [4.69, 9.17) is 4.74 Å². The van der Waals surface area contributed by atoms with Gasteiger partial charge in [0.05, 0.1) is 17.4 Å². The second-order valence-electron chi connectivity index (χ2n) is 7.36. The molecule has 0 saturated carbocycles. The van der Waals surface area contributed by atoms with Crippen molar-refractivity contribution in [1.29, 1.82) is 0 Å². The molecule has 26 heavy (non-hydrogen) atoms. The second-order valence-corrected chi connectivity index (χ2v) is 9.57. The zero-order valence-electron chi connectivity index (χ0n) is 16.0. The maximum atomic E-state index is 12.8. The van der Waals surface area contributed by atoms with Crippen molar-refractivity contribution in [3.63, 3.8) is 0 Å². The first-order valence-corrected chi connectivity index (χ1v) is 10.8. The lowest BCUT2D eigenvalue weighted by atomic mass is 9.88. The third-order valence-corrected chi connectivity index (χ3v) is 6.62. The van der Waals surface area contributed by atoms with Gasteiger partial charge in [-0.1, -0.05) is 19.8 Å². The van der Waals surface area contributed by atoms with Crippen LogP contribution in [0, 0.1) is 0 Å². The fourth-order valence-corrected chi connectivity index (χ4v) is 4.69. The van der Waals surface area contributed by atoms with E-state index >= 15 is 0 Å². The maximum absolute atomic E-state index is 12.8. The van der Waals surface area contributed by atoms with Gasteiger partial charge in [0, 0.05) is 18.5 Å². The summed E-state index contributed by atoms with van der Waals surface area (Å²) in [6.07, 6.45) is 3.21. The molecule has 1 aliphatic heterocycles. The molecule has 1 atom stereocenters. The Bertz CT molecular complexity index is 757. The monoisotopic (exact) mass is 383 g/mol. The predicted molar refractivity (Wildman–Crippen MR) is 101 cm³/mol. The summed E-state index contributed by atoms with van der Waals surface area (Å²) in [6, 6.07) is 4.26. The standard InChI is InChI=1S/C19H29NO5S/c1-5-7-8-11-20(26(23,24)6-2)16-13-19(3,4)25-17-10-9-14(18(21)22)12-15(16)17/h9-10,12,16H,5-8,11,13H2,1-4H3,(H,21,22). The number of carboxylic acids is 1. The number of unbranched alkanes of at least 4 members (excludes halogenated alkanes) is 2. The van der Waals surface area contributed by atoms with E-state index in [9.17, 15) is 18.3 Å². The first-order chi connectivity index (χ1) is 12.1. The second kappa shape index (κ2) is 7.96. The van der Waals surface area contributed by atoms with Gasteiger partial charge in [-0.2, -0.15) is 4.31 Å². The Hall–Kier alpha value is -1.60. The summed E-state index contributed by atoms with van der Waals surface area (Å²) in [5, 5.41) is 9.32. The Morgan fingerprint density at radius 1 is 1.31 bits per heavy atom. The minimum atomic E-state index is -3.44. The van der Waals surface area contributed by atoms with E-state index in [1.165, 1.54) is 6.07 Å². The summed E-state index contributed by atoms with van der Waals surface area (Å²) in [5.41, 5.74) is 0.242. The number of hydrogen-bond acceptors (Lipinski definition) is 4. The van der Waals surface area contributed by atoms with Crippen molar-refractivity contribution >= 4 is 16.0 Å². The number of aromatic carboxylic acids is 1. The Balaban J connectivity index is 2.53.